The van der Waals surface area contributed by atoms with E-state index in [-0.39, 0.29) is 17.8 Å². The second-order valence-electron chi connectivity index (χ2n) is 7.12. The van der Waals surface area contributed by atoms with Gasteiger partial charge in [0.15, 0.2) is 0 Å². The second-order valence-corrected chi connectivity index (χ2v) is 8.10. The Morgan fingerprint density at radius 3 is 2.67 bits per heavy atom. The summed E-state index contributed by atoms with van der Waals surface area (Å²) >= 11 is 1.75. The smallest absolute Gasteiger partial charge is 0.220 e. The van der Waals surface area contributed by atoms with Gasteiger partial charge >= 0.3 is 0 Å². The number of aryl methyl sites for hydroxylation is 1. The molecule has 2 aromatic rings. The fourth-order valence-electron chi connectivity index (χ4n) is 3.46. The van der Waals surface area contributed by atoms with E-state index >= 15 is 0 Å². The Labute approximate surface area is 165 Å². The first-order valence-electron chi connectivity index (χ1n) is 9.59. The van der Waals surface area contributed by atoms with Crippen molar-refractivity contribution in [1.29, 1.82) is 0 Å². The number of amides is 1. The Kier molecular flexibility index (Phi) is 7.38. The van der Waals surface area contributed by atoms with E-state index < -0.39 is 0 Å². The summed E-state index contributed by atoms with van der Waals surface area (Å²) in [5.41, 5.74) is 0.680. The van der Waals surface area contributed by atoms with Crippen molar-refractivity contribution in [1.82, 2.24) is 15.1 Å². The second kappa shape index (κ2) is 9.97. The van der Waals surface area contributed by atoms with Crippen LogP contribution in [0.3, 0.4) is 0 Å². The summed E-state index contributed by atoms with van der Waals surface area (Å²) in [6.45, 7) is 4.77. The van der Waals surface area contributed by atoms with Crippen LogP contribution < -0.4 is 5.32 Å². The first kappa shape index (κ1) is 20.0. The van der Waals surface area contributed by atoms with Gasteiger partial charge in [0.1, 0.15) is 5.82 Å². The zero-order valence-corrected chi connectivity index (χ0v) is 16.7. The maximum Gasteiger partial charge on any atom is 0.220 e. The summed E-state index contributed by atoms with van der Waals surface area (Å²) in [6.07, 6.45) is 1.67. The summed E-state index contributed by atoms with van der Waals surface area (Å²) < 4.78 is 13.7. The van der Waals surface area contributed by atoms with E-state index in [2.05, 4.69) is 39.7 Å². The molecule has 1 aromatic carbocycles. The topological polar surface area (TPSA) is 35.6 Å². The lowest BCUT2D eigenvalue weighted by Gasteiger charge is -2.37. The van der Waals surface area contributed by atoms with Crippen LogP contribution in [0, 0.1) is 5.82 Å². The van der Waals surface area contributed by atoms with Crippen molar-refractivity contribution in [2.24, 2.45) is 0 Å². The van der Waals surface area contributed by atoms with Gasteiger partial charge in [0.05, 0.1) is 6.04 Å². The number of hydrogen-bond acceptors (Lipinski definition) is 4. The molecule has 1 unspecified atom stereocenters. The van der Waals surface area contributed by atoms with Crippen LogP contribution in [-0.2, 0) is 11.2 Å². The van der Waals surface area contributed by atoms with Crippen molar-refractivity contribution in [3.05, 3.63) is 58.0 Å². The van der Waals surface area contributed by atoms with E-state index in [9.17, 15) is 9.18 Å². The maximum atomic E-state index is 13.7. The van der Waals surface area contributed by atoms with Crippen LogP contribution in [0.15, 0.2) is 41.8 Å². The standard InChI is InChI=1S/C21H28FN3OS/c1-24-11-13-25(14-12-24)19(20-9-5-15-27-20)16-23-21(26)10-4-7-17-6-2-3-8-18(17)22/h2-3,5-6,8-9,15,19H,4,7,10-14,16H2,1H3,(H,23,26). The fraction of sp³-hybridized carbons (Fsp3) is 0.476. The summed E-state index contributed by atoms with van der Waals surface area (Å²) in [7, 11) is 2.15. The van der Waals surface area contributed by atoms with Gasteiger partial charge < -0.3 is 10.2 Å². The van der Waals surface area contributed by atoms with E-state index in [1.807, 2.05) is 6.07 Å². The van der Waals surface area contributed by atoms with Gasteiger partial charge in [-0.15, -0.1) is 11.3 Å². The predicted octanol–water partition coefficient (Wildman–Crippen LogP) is 3.31. The molecule has 1 N–H and O–H groups in total. The molecule has 146 valence electrons. The van der Waals surface area contributed by atoms with Crippen LogP contribution in [0.4, 0.5) is 4.39 Å². The Hall–Kier alpha value is -1.76. The average molecular weight is 390 g/mol. The molecule has 2 heterocycles. The van der Waals surface area contributed by atoms with Gasteiger partial charge in [0, 0.05) is 44.0 Å². The molecule has 0 bridgehead atoms. The van der Waals surface area contributed by atoms with E-state index in [4.69, 9.17) is 0 Å². The van der Waals surface area contributed by atoms with Gasteiger partial charge in [-0.25, -0.2) is 4.39 Å². The lowest BCUT2D eigenvalue weighted by molar-refractivity contribution is -0.121. The zero-order valence-electron chi connectivity index (χ0n) is 15.9. The molecule has 27 heavy (non-hydrogen) atoms. The predicted molar refractivity (Wildman–Crippen MR) is 108 cm³/mol. The van der Waals surface area contributed by atoms with Crippen molar-refractivity contribution in [3.63, 3.8) is 0 Å². The lowest BCUT2D eigenvalue weighted by Crippen LogP contribution is -2.48. The van der Waals surface area contributed by atoms with E-state index in [1.54, 1.807) is 23.5 Å². The molecule has 1 saturated heterocycles. The van der Waals surface area contributed by atoms with Crippen molar-refractivity contribution in [2.45, 2.75) is 25.3 Å². The highest BCUT2D eigenvalue weighted by molar-refractivity contribution is 7.10. The summed E-state index contributed by atoms with van der Waals surface area (Å²) in [5.74, 6) is -0.146. The van der Waals surface area contributed by atoms with Crippen LogP contribution in [0.2, 0.25) is 0 Å². The first-order chi connectivity index (χ1) is 13.1. The number of likely N-dealkylation sites (N-methyl/N-ethyl adjacent to an activating group) is 1. The maximum absolute atomic E-state index is 13.7. The van der Waals surface area contributed by atoms with Gasteiger partial charge in [-0.2, -0.15) is 0 Å². The number of piperazine rings is 1. The number of nitrogens with one attached hydrogen (secondary N) is 1. The third kappa shape index (κ3) is 5.86. The fourth-order valence-corrected chi connectivity index (χ4v) is 4.32. The number of halogens is 1. The number of thiophene rings is 1. The average Bonchev–Trinajstić information content (AvgIpc) is 3.19. The SMILES string of the molecule is CN1CCN(C(CNC(=O)CCCc2ccccc2F)c2cccs2)CC1. The highest BCUT2D eigenvalue weighted by Crippen LogP contribution is 2.25. The molecule has 0 radical (unpaired) electrons. The Morgan fingerprint density at radius 1 is 1.19 bits per heavy atom. The van der Waals surface area contributed by atoms with Crippen LogP contribution in [0.25, 0.3) is 0 Å². The van der Waals surface area contributed by atoms with E-state index in [0.717, 1.165) is 26.2 Å². The molecule has 1 aliphatic rings. The normalized spacial score (nSPS) is 17.0. The van der Waals surface area contributed by atoms with Crippen LogP contribution in [0.5, 0.6) is 0 Å². The summed E-state index contributed by atoms with van der Waals surface area (Å²) in [4.78, 5) is 18.4. The molecule has 0 aliphatic carbocycles. The highest BCUT2D eigenvalue weighted by Gasteiger charge is 2.25. The molecule has 0 saturated carbocycles. The van der Waals surface area contributed by atoms with Crippen LogP contribution >= 0.6 is 11.3 Å². The first-order valence-corrected chi connectivity index (χ1v) is 10.5. The molecule has 1 amide bonds. The summed E-state index contributed by atoms with van der Waals surface area (Å²) in [6, 6.07) is 11.2. The zero-order chi connectivity index (χ0) is 19.1. The van der Waals surface area contributed by atoms with Crippen LogP contribution in [-0.4, -0.2) is 55.5 Å². The number of hydrogen-bond donors (Lipinski definition) is 1. The molecule has 6 heteroatoms. The van der Waals surface area contributed by atoms with E-state index in [1.165, 1.54) is 10.9 Å². The minimum atomic E-state index is -0.189. The quantitative estimate of drug-likeness (QED) is 0.752. The molecule has 4 nitrogen and oxygen atoms in total. The van der Waals surface area contributed by atoms with Gasteiger partial charge in [-0.3, -0.25) is 9.69 Å². The highest BCUT2D eigenvalue weighted by atomic mass is 32.1. The number of rotatable bonds is 8. The Morgan fingerprint density at radius 2 is 1.96 bits per heavy atom. The Bertz CT molecular complexity index is 714. The monoisotopic (exact) mass is 389 g/mol. The molecular weight excluding hydrogens is 361 g/mol. The van der Waals surface area contributed by atoms with Gasteiger partial charge in [-0.1, -0.05) is 24.3 Å². The number of benzene rings is 1. The third-order valence-electron chi connectivity index (χ3n) is 5.15. The lowest BCUT2D eigenvalue weighted by atomic mass is 10.1. The molecule has 0 spiro atoms. The van der Waals surface area contributed by atoms with Crippen molar-refractivity contribution in [3.8, 4) is 0 Å². The van der Waals surface area contributed by atoms with E-state index in [0.29, 0.717) is 31.4 Å². The number of carbonyl (C=O) groups is 1. The minimum absolute atomic E-state index is 0.0435. The Balaban J connectivity index is 1.48. The van der Waals surface area contributed by atoms with Crippen molar-refractivity contribution < 1.29 is 9.18 Å². The van der Waals surface area contributed by atoms with Crippen LogP contribution in [0.1, 0.15) is 29.3 Å². The molecule has 1 atom stereocenters. The number of nitrogens with zero attached hydrogens (tertiary/aromatic N) is 2. The molecule has 1 aromatic heterocycles. The van der Waals surface area contributed by atoms with Gasteiger partial charge in [0.2, 0.25) is 5.91 Å². The molecule has 1 fully saturated rings. The number of carbonyl (C=O) groups excluding carboxylic acids is 1. The van der Waals surface area contributed by atoms with Gasteiger partial charge in [0.25, 0.3) is 0 Å². The molecular formula is C21H28FN3OS. The van der Waals surface area contributed by atoms with Gasteiger partial charge in [-0.05, 0) is 43.0 Å². The minimum Gasteiger partial charge on any atom is -0.354 e. The van der Waals surface area contributed by atoms with Crippen molar-refractivity contribution >= 4 is 17.2 Å². The summed E-state index contributed by atoms with van der Waals surface area (Å²) in [5, 5.41) is 5.19. The molecule has 1 aliphatic heterocycles. The largest absolute Gasteiger partial charge is 0.354 e. The van der Waals surface area contributed by atoms with Crippen molar-refractivity contribution in [2.75, 3.05) is 39.8 Å². The third-order valence-corrected chi connectivity index (χ3v) is 6.12. The molecule has 3 rings (SSSR count).